The van der Waals surface area contributed by atoms with Crippen molar-refractivity contribution in [1.82, 2.24) is 15.2 Å². The average molecular weight is 377 g/mol. The first-order valence-electron chi connectivity index (χ1n) is 9.67. The number of aryl methyl sites for hydroxylation is 2. The van der Waals surface area contributed by atoms with Gasteiger partial charge in [-0.1, -0.05) is 44.2 Å². The molecule has 0 unspecified atom stereocenters. The molecule has 3 aromatic rings. The topological polar surface area (TPSA) is 72.0 Å². The molecule has 6 heteroatoms. The number of nitrogens with one attached hydrogen (secondary N) is 2. The van der Waals surface area contributed by atoms with Crippen molar-refractivity contribution in [2.75, 3.05) is 24.3 Å². The molecule has 3 rings (SSSR count). The van der Waals surface area contributed by atoms with Crippen LogP contribution in [0.1, 0.15) is 30.5 Å². The van der Waals surface area contributed by atoms with Crippen LogP contribution in [0, 0.1) is 0 Å². The van der Waals surface area contributed by atoms with Crippen molar-refractivity contribution in [1.29, 1.82) is 0 Å². The Morgan fingerprint density at radius 3 is 2.46 bits per heavy atom. The van der Waals surface area contributed by atoms with Crippen LogP contribution in [0.5, 0.6) is 5.75 Å². The number of methoxy groups -OCH3 is 1. The van der Waals surface area contributed by atoms with Gasteiger partial charge >= 0.3 is 0 Å². The molecule has 0 atom stereocenters. The number of ether oxygens (including phenoxy) is 1. The summed E-state index contributed by atoms with van der Waals surface area (Å²) in [4.78, 5) is 4.56. The Labute approximate surface area is 166 Å². The van der Waals surface area contributed by atoms with E-state index in [-0.39, 0.29) is 0 Å². The normalized spacial score (nSPS) is 10.5. The number of hydrogen-bond acceptors (Lipinski definition) is 6. The summed E-state index contributed by atoms with van der Waals surface area (Å²) in [5, 5.41) is 14.9. The molecule has 2 aromatic carbocycles. The lowest BCUT2D eigenvalue weighted by Gasteiger charge is -2.14. The SMILES string of the molecule is CCc1cccc(CC)c1Nc1nncc(NCCc2cccc(OC)c2)n1. The summed E-state index contributed by atoms with van der Waals surface area (Å²) in [5.41, 5.74) is 4.79. The van der Waals surface area contributed by atoms with Gasteiger partial charge in [-0.15, -0.1) is 5.10 Å². The molecule has 0 aliphatic rings. The van der Waals surface area contributed by atoms with Gasteiger partial charge in [0.2, 0.25) is 5.95 Å². The molecule has 0 saturated carbocycles. The number of nitrogens with zero attached hydrogens (tertiary/aromatic N) is 3. The zero-order valence-corrected chi connectivity index (χ0v) is 16.7. The minimum atomic E-state index is 0.502. The molecule has 6 nitrogen and oxygen atoms in total. The molecule has 2 N–H and O–H groups in total. The standard InChI is InChI=1S/C22H27N5O/c1-4-17-9-7-10-18(5-2)21(17)26-22-25-20(15-24-27-22)23-13-12-16-8-6-11-19(14-16)28-3/h6-11,14-15H,4-5,12-13H2,1-3H3,(H2,23,25,26,27). The van der Waals surface area contributed by atoms with Crippen LogP contribution in [0.15, 0.2) is 48.7 Å². The van der Waals surface area contributed by atoms with Gasteiger partial charge in [0.05, 0.1) is 13.3 Å². The Morgan fingerprint density at radius 2 is 1.75 bits per heavy atom. The number of rotatable bonds is 9. The molecular weight excluding hydrogens is 350 g/mol. The van der Waals surface area contributed by atoms with E-state index in [4.69, 9.17) is 4.74 Å². The van der Waals surface area contributed by atoms with Crippen molar-refractivity contribution < 1.29 is 4.74 Å². The number of benzene rings is 2. The van der Waals surface area contributed by atoms with E-state index in [0.29, 0.717) is 11.8 Å². The Hall–Kier alpha value is -3.15. The summed E-state index contributed by atoms with van der Waals surface area (Å²) in [7, 11) is 1.68. The fourth-order valence-corrected chi connectivity index (χ4v) is 3.12. The second-order valence-corrected chi connectivity index (χ2v) is 6.48. The number of hydrogen-bond donors (Lipinski definition) is 2. The van der Waals surface area contributed by atoms with E-state index in [1.54, 1.807) is 13.3 Å². The average Bonchev–Trinajstić information content (AvgIpc) is 2.74. The van der Waals surface area contributed by atoms with Crippen molar-refractivity contribution in [3.63, 3.8) is 0 Å². The van der Waals surface area contributed by atoms with Crippen LogP contribution in [0.4, 0.5) is 17.5 Å². The second-order valence-electron chi connectivity index (χ2n) is 6.48. The van der Waals surface area contributed by atoms with E-state index in [9.17, 15) is 0 Å². The zero-order chi connectivity index (χ0) is 19.8. The molecule has 0 spiro atoms. The van der Waals surface area contributed by atoms with Gasteiger partial charge in [0.15, 0.2) is 5.82 Å². The van der Waals surface area contributed by atoms with Crippen LogP contribution in [0.3, 0.4) is 0 Å². The summed E-state index contributed by atoms with van der Waals surface area (Å²) in [6.45, 7) is 5.04. The van der Waals surface area contributed by atoms with Crippen molar-refractivity contribution in [3.05, 3.63) is 65.4 Å². The summed E-state index contributed by atoms with van der Waals surface area (Å²) < 4.78 is 5.27. The van der Waals surface area contributed by atoms with Gasteiger partial charge in [0, 0.05) is 12.2 Å². The van der Waals surface area contributed by atoms with Crippen LogP contribution in [-0.4, -0.2) is 28.8 Å². The van der Waals surface area contributed by atoms with E-state index in [1.807, 2.05) is 18.2 Å². The van der Waals surface area contributed by atoms with Crippen molar-refractivity contribution in [2.24, 2.45) is 0 Å². The first kappa shape index (κ1) is 19.6. The Kier molecular flexibility index (Phi) is 6.78. The first-order valence-corrected chi connectivity index (χ1v) is 9.67. The summed E-state index contributed by atoms with van der Waals surface area (Å²) in [5.74, 6) is 2.07. The van der Waals surface area contributed by atoms with Crippen molar-refractivity contribution >= 4 is 17.5 Å². The van der Waals surface area contributed by atoms with E-state index >= 15 is 0 Å². The number of para-hydroxylation sites is 1. The lowest BCUT2D eigenvalue weighted by molar-refractivity contribution is 0.414. The van der Waals surface area contributed by atoms with E-state index in [2.05, 4.69) is 63.9 Å². The minimum absolute atomic E-state index is 0.502. The molecule has 0 aliphatic carbocycles. The highest BCUT2D eigenvalue weighted by atomic mass is 16.5. The molecule has 0 saturated heterocycles. The Balaban J connectivity index is 1.66. The second kappa shape index (κ2) is 9.69. The zero-order valence-electron chi connectivity index (χ0n) is 16.7. The van der Waals surface area contributed by atoms with Crippen molar-refractivity contribution in [2.45, 2.75) is 33.1 Å². The lowest BCUT2D eigenvalue weighted by atomic mass is 10.0. The van der Waals surface area contributed by atoms with Crippen LogP contribution < -0.4 is 15.4 Å². The fraction of sp³-hybridized carbons (Fsp3) is 0.318. The number of anilines is 3. The number of aromatic nitrogens is 3. The molecule has 1 aromatic heterocycles. The van der Waals surface area contributed by atoms with Gasteiger partial charge in [-0.05, 0) is 48.1 Å². The van der Waals surface area contributed by atoms with Crippen LogP contribution >= 0.6 is 0 Å². The summed E-state index contributed by atoms with van der Waals surface area (Å²) in [6, 6.07) is 14.4. The summed E-state index contributed by atoms with van der Waals surface area (Å²) >= 11 is 0. The van der Waals surface area contributed by atoms with Gasteiger partial charge in [0.25, 0.3) is 0 Å². The van der Waals surface area contributed by atoms with Gasteiger partial charge in [0.1, 0.15) is 5.75 Å². The monoisotopic (exact) mass is 377 g/mol. The Morgan fingerprint density at radius 1 is 1.00 bits per heavy atom. The smallest absolute Gasteiger partial charge is 0.249 e. The van der Waals surface area contributed by atoms with Crippen LogP contribution in [0.25, 0.3) is 0 Å². The van der Waals surface area contributed by atoms with E-state index < -0.39 is 0 Å². The van der Waals surface area contributed by atoms with E-state index in [1.165, 1.54) is 16.7 Å². The maximum atomic E-state index is 5.27. The van der Waals surface area contributed by atoms with E-state index in [0.717, 1.165) is 37.2 Å². The quantitative estimate of drug-likeness (QED) is 0.576. The van der Waals surface area contributed by atoms with Crippen molar-refractivity contribution in [3.8, 4) is 5.75 Å². The molecule has 0 fully saturated rings. The van der Waals surface area contributed by atoms with Gasteiger partial charge < -0.3 is 15.4 Å². The van der Waals surface area contributed by atoms with Crippen LogP contribution in [0.2, 0.25) is 0 Å². The van der Waals surface area contributed by atoms with Gasteiger partial charge in [-0.3, -0.25) is 0 Å². The largest absolute Gasteiger partial charge is 0.497 e. The fourth-order valence-electron chi connectivity index (χ4n) is 3.12. The van der Waals surface area contributed by atoms with Crippen LogP contribution in [-0.2, 0) is 19.3 Å². The third kappa shape index (κ3) is 4.97. The maximum Gasteiger partial charge on any atom is 0.249 e. The first-order chi connectivity index (χ1) is 13.7. The lowest BCUT2D eigenvalue weighted by Crippen LogP contribution is -2.09. The molecule has 146 valence electrons. The third-order valence-corrected chi connectivity index (χ3v) is 4.65. The highest BCUT2D eigenvalue weighted by Crippen LogP contribution is 2.25. The molecule has 0 radical (unpaired) electrons. The van der Waals surface area contributed by atoms with Gasteiger partial charge in [-0.2, -0.15) is 10.1 Å². The molecule has 0 bridgehead atoms. The highest BCUT2D eigenvalue weighted by Gasteiger charge is 2.09. The highest BCUT2D eigenvalue weighted by molar-refractivity contribution is 5.64. The Bertz CT molecular complexity index is 891. The maximum absolute atomic E-state index is 5.27. The summed E-state index contributed by atoms with van der Waals surface area (Å²) in [6.07, 6.45) is 4.40. The predicted molar refractivity (Wildman–Crippen MR) is 113 cm³/mol. The predicted octanol–water partition coefficient (Wildman–Crippen LogP) is 4.40. The molecule has 0 amide bonds. The molecule has 28 heavy (non-hydrogen) atoms. The van der Waals surface area contributed by atoms with Gasteiger partial charge in [-0.25, -0.2) is 0 Å². The molecular formula is C22H27N5O. The minimum Gasteiger partial charge on any atom is -0.497 e. The molecule has 1 heterocycles. The molecule has 0 aliphatic heterocycles. The third-order valence-electron chi connectivity index (χ3n) is 4.65.